The molecule has 0 fully saturated rings. The monoisotopic (exact) mass is 429 g/mol. The van der Waals surface area contributed by atoms with Gasteiger partial charge in [-0.2, -0.15) is 0 Å². The number of hydrogen-bond donors (Lipinski definition) is 2. The standard InChI is InChI=1S/C24H35N3O4/c1-8-10-11-15-25-21(28)20(19-14-12-13-17(3)16-19)27(9-2)22(29)18(4)26-23(30)31-24(5,6)7/h2,12-14,16,18,20H,8,10-11,15H2,1,3-7H3,(H,25,28)(H,26,30). The Hall–Kier alpha value is -3.01. The maximum atomic E-state index is 13.1. The summed E-state index contributed by atoms with van der Waals surface area (Å²) in [6.07, 6.45) is 7.79. The Morgan fingerprint density at radius 2 is 1.90 bits per heavy atom. The van der Waals surface area contributed by atoms with Crippen molar-refractivity contribution in [3.8, 4) is 12.5 Å². The van der Waals surface area contributed by atoms with E-state index in [2.05, 4.69) is 23.6 Å². The number of aryl methyl sites for hydroxylation is 1. The van der Waals surface area contributed by atoms with E-state index in [1.165, 1.54) is 6.92 Å². The first-order valence-corrected chi connectivity index (χ1v) is 10.6. The quantitative estimate of drug-likeness (QED) is 0.356. The summed E-state index contributed by atoms with van der Waals surface area (Å²) in [6, 6.07) is 7.63. The van der Waals surface area contributed by atoms with Crippen molar-refractivity contribution in [1.82, 2.24) is 15.5 Å². The first-order chi connectivity index (χ1) is 14.5. The van der Waals surface area contributed by atoms with Crippen molar-refractivity contribution < 1.29 is 19.1 Å². The fourth-order valence-corrected chi connectivity index (χ4v) is 2.96. The van der Waals surface area contributed by atoms with E-state index in [4.69, 9.17) is 11.2 Å². The predicted octanol–water partition coefficient (Wildman–Crippen LogP) is 3.68. The van der Waals surface area contributed by atoms with Crippen LogP contribution in [0.25, 0.3) is 0 Å². The Kier molecular flexibility index (Phi) is 10.1. The van der Waals surface area contributed by atoms with Gasteiger partial charge in [0.15, 0.2) is 0 Å². The van der Waals surface area contributed by atoms with Crippen molar-refractivity contribution in [2.24, 2.45) is 0 Å². The van der Waals surface area contributed by atoms with Gasteiger partial charge in [-0.25, -0.2) is 4.79 Å². The van der Waals surface area contributed by atoms with Gasteiger partial charge in [0, 0.05) is 12.6 Å². The van der Waals surface area contributed by atoms with Gasteiger partial charge >= 0.3 is 6.09 Å². The number of carbonyl (C=O) groups is 3. The minimum absolute atomic E-state index is 0.363. The molecule has 170 valence electrons. The molecule has 0 aliphatic carbocycles. The SMILES string of the molecule is C#CN(C(=O)C(C)NC(=O)OC(C)(C)C)C(C(=O)NCCCCC)c1cccc(C)c1. The van der Waals surface area contributed by atoms with Crippen molar-refractivity contribution in [1.29, 1.82) is 0 Å². The third-order valence-electron chi connectivity index (χ3n) is 4.42. The van der Waals surface area contributed by atoms with Crippen molar-refractivity contribution in [3.05, 3.63) is 35.4 Å². The average molecular weight is 430 g/mol. The van der Waals surface area contributed by atoms with Crippen molar-refractivity contribution in [3.63, 3.8) is 0 Å². The van der Waals surface area contributed by atoms with E-state index >= 15 is 0 Å². The second kappa shape index (κ2) is 12.0. The van der Waals surface area contributed by atoms with Gasteiger partial charge in [-0.3, -0.25) is 14.5 Å². The highest BCUT2D eigenvalue weighted by Crippen LogP contribution is 2.23. The van der Waals surface area contributed by atoms with E-state index < -0.39 is 29.7 Å². The number of amides is 3. The molecular formula is C24H35N3O4. The summed E-state index contributed by atoms with van der Waals surface area (Å²) in [5, 5.41) is 5.36. The fourth-order valence-electron chi connectivity index (χ4n) is 2.96. The third-order valence-corrected chi connectivity index (χ3v) is 4.42. The van der Waals surface area contributed by atoms with Crippen molar-refractivity contribution in [2.45, 2.75) is 78.5 Å². The molecule has 1 aromatic rings. The van der Waals surface area contributed by atoms with Crippen LogP contribution in [-0.4, -0.2) is 41.0 Å². The molecule has 0 aliphatic rings. The first-order valence-electron chi connectivity index (χ1n) is 10.6. The number of nitrogens with zero attached hydrogens (tertiary/aromatic N) is 1. The van der Waals surface area contributed by atoms with E-state index in [9.17, 15) is 14.4 Å². The average Bonchev–Trinajstić information content (AvgIpc) is 2.67. The van der Waals surface area contributed by atoms with Crippen LogP contribution in [0.5, 0.6) is 0 Å². The number of rotatable bonds is 9. The fraction of sp³-hybridized carbons (Fsp3) is 0.542. The Balaban J connectivity index is 3.10. The van der Waals surface area contributed by atoms with Gasteiger partial charge in [-0.05, 0) is 46.6 Å². The lowest BCUT2D eigenvalue weighted by Gasteiger charge is -2.29. The summed E-state index contributed by atoms with van der Waals surface area (Å²) in [7, 11) is 0. The van der Waals surface area contributed by atoms with E-state index in [0.29, 0.717) is 12.1 Å². The molecule has 0 heterocycles. The van der Waals surface area contributed by atoms with E-state index in [1.54, 1.807) is 26.8 Å². The topological polar surface area (TPSA) is 87.7 Å². The lowest BCUT2D eigenvalue weighted by Crippen LogP contribution is -2.50. The number of unbranched alkanes of at least 4 members (excludes halogenated alkanes) is 2. The molecule has 0 saturated heterocycles. The minimum Gasteiger partial charge on any atom is -0.444 e. The predicted molar refractivity (Wildman–Crippen MR) is 121 cm³/mol. The van der Waals surface area contributed by atoms with Crippen LogP contribution in [-0.2, 0) is 14.3 Å². The summed E-state index contributed by atoms with van der Waals surface area (Å²) >= 11 is 0. The molecule has 0 radical (unpaired) electrons. The highest BCUT2D eigenvalue weighted by atomic mass is 16.6. The van der Waals surface area contributed by atoms with Gasteiger partial charge in [0.1, 0.15) is 17.7 Å². The number of carbonyl (C=O) groups excluding carboxylic acids is 3. The van der Waals surface area contributed by atoms with Crippen LogP contribution in [0.3, 0.4) is 0 Å². The van der Waals surface area contributed by atoms with Crippen molar-refractivity contribution in [2.75, 3.05) is 6.54 Å². The molecular weight excluding hydrogens is 394 g/mol. The van der Waals surface area contributed by atoms with E-state index in [1.807, 2.05) is 25.1 Å². The maximum absolute atomic E-state index is 13.1. The zero-order valence-electron chi connectivity index (χ0n) is 19.5. The summed E-state index contributed by atoms with van der Waals surface area (Å²) in [6.45, 7) is 11.1. The summed E-state index contributed by atoms with van der Waals surface area (Å²) in [5.41, 5.74) is 0.829. The Bertz CT molecular complexity index is 808. The highest BCUT2D eigenvalue weighted by molar-refractivity contribution is 5.93. The summed E-state index contributed by atoms with van der Waals surface area (Å²) < 4.78 is 5.20. The van der Waals surface area contributed by atoms with Gasteiger partial charge in [-0.15, -0.1) is 0 Å². The number of benzene rings is 1. The zero-order chi connectivity index (χ0) is 23.6. The number of nitrogens with one attached hydrogen (secondary N) is 2. The third kappa shape index (κ3) is 8.71. The molecule has 2 atom stereocenters. The molecule has 2 unspecified atom stereocenters. The number of alkyl carbamates (subject to hydrolysis) is 1. The lowest BCUT2D eigenvalue weighted by molar-refractivity contribution is -0.138. The minimum atomic E-state index is -1.01. The molecule has 0 saturated carbocycles. The normalized spacial score (nSPS) is 12.8. The number of hydrogen-bond acceptors (Lipinski definition) is 4. The molecule has 31 heavy (non-hydrogen) atoms. The molecule has 3 amide bonds. The summed E-state index contributed by atoms with van der Waals surface area (Å²) in [5.74, 6) is -0.943. The molecule has 1 aromatic carbocycles. The molecule has 1 rings (SSSR count). The Morgan fingerprint density at radius 1 is 1.23 bits per heavy atom. The van der Waals surface area contributed by atoms with Gasteiger partial charge in [0.25, 0.3) is 5.91 Å². The molecule has 0 aromatic heterocycles. The summed E-state index contributed by atoms with van der Waals surface area (Å²) in [4.78, 5) is 39.2. The van der Waals surface area contributed by atoms with Gasteiger partial charge in [-0.1, -0.05) is 56.0 Å². The molecule has 7 nitrogen and oxygen atoms in total. The van der Waals surface area contributed by atoms with Crippen LogP contribution in [0.1, 0.15) is 71.0 Å². The van der Waals surface area contributed by atoms with Crippen LogP contribution in [0.4, 0.5) is 4.79 Å². The number of ether oxygens (including phenoxy) is 1. The van der Waals surface area contributed by atoms with Gasteiger partial charge in [0.2, 0.25) is 5.91 Å². The van der Waals surface area contributed by atoms with Gasteiger partial charge < -0.3 is 15.4 Å². The Morgan fingerprint density at radius 3 is 2.45 bits per heavy atom. The largest absolute Gasteiger partial charge is 0.444 e. The second-order valence-electron chi connectivity index (χ2n) is 8.52. The molecule has 7 heteroatoms. The van der Waals surface area contributed by atoms with Gasteiger partial charge in [0.05, 0.1) is 0 Å². The van der Waals surface area contributed by atoms with Crippen LogP contribution >= 0.6 is 0 Å². The van der Waals surface area contributed by atoms with Crippen LogP contribution in [0.15, 0.2) is 24.3 Å². The molecule has 2 N–H and O–H groups in total. The van der Waals surface area contributed by atoms with Crippen LogP contribution in [0.2, 0.25) is 0 Å². The molecule has 0 bridgehead atoms. The van der Waals surface area contributed by atoms with Crippen LogP contribution < -0.4 is 10.6 Å². The highest BCUT2D eigenvalue weighted by Gasteiger charge is 2.34. The smallest absolute Gasteiger partial charge is 0.408 e. The second-order valence-corrected chi connectivity index (χ2v) is 8.52. The Labute approximate surface area is 185 Å². The van der Waals surface area contributed by atoms with Crippen LogP contribution in [0, 0.1) is 19.4 Å². The number of terminal acetylenes is 1. The lowest BCUT2D eigenvalue weighted by atomic mass is 10.0. The first kappa shape index (κ1) is 26.0. The maximum Gasteiger partial charge on any atom is 0.408 e. The van der Waals surface area contributed by atoms with E-state index in [0.717, 1.165) is 29.7 Å². The molecule has 0 spiro atoms. The molecule has 0 aliphatic heterocycles. The zero-order valence-corrected chi connectivity index (χ0v) is 19.5. The van der Waals surface area contributed by atoms with E-state index in [-0.39, 0.29) is 5.91 Å². The van der Waals surface area contributed by atoms with Crippen molar-refractivity contribution >= 4 is 17.9 Å².